The number of anilines is 1. The quantitative estimate of drug-likeness (QED) is 0.858. The Hall–Kier alpha value is -1.82. The summed E-state index contributed by atoms with van der Waals surface area (Å²) in [5.41, 5.74) is 0.501. The molecule has 104 valence electrons. The predicted octanol–water partition coefficient (Wildman–Crippen LogP) is 4.43. The summed E-state index contributed by atoms with van der Waals surface area (Å²) < 4.78 is 40.4. The van der Waals surface area contributed by atoms with E-state index in [1.807, 2.05) is 6.92 Å². The lowest BCUT2D eigenvalue weighted by Crippen LogP contribution is -2.16. The second-order valence-electron chi connectivity index (χ2n) is 4.16. The fourth-order valence-electron chi connectivity index (χ4n) is 1.62. The van der Waals surface area contributed by atoms with Gasteiger partial charge in [0, 0.05) is 22.3 Å². The van der Waals surface area contributed by atoms with Gasteiger partial charge in [-0.1, -0.05) is 22.0 Å². The average Bonchev–Trinajstić information content (AvgIpc) is 2.32. The van der Waals surface area contributed by atoms with E-state index in [1.165, 1.54) is 0 Å². The number of hydrogen-bond donors (Lipinski definition) is 1. The summed E-state index contributed by atoms with van der Waals surface area (Å²) in [4.78, 5) is 11.8. The molecule has 6 heteroatoms. The number of rotatable bonds is 2. The standard InChI is InChI=1S/C14H9BrF3NO/c1-7-2-3-9(6-10(7)15)19-14(20)13-11(17)4-8(16)5-12(13)18/h2-6H,1H3,(H,19,20). The lowest BCUT2D eigenvalue weighted by atomic mass is 10.1. The predicted molar refractivity (Wildman–Crippen MR) is 73.1 cm³/mol. The Balaban J connectivity index is 2.31. The summed E-state index contributed by atoms with van der Waals surface area (Å²) >= 11 is 3.28. The number of benzene rings is 2. The molecule has 2 aromatic carbocycles. The van der Waals surface area contributed by atoms with Gasteiger partial charge in [0.15, 0.2) is 0 Å². The molecule has 2 aromatic rings. The Kier molecular flexibility index (Phi) is 4.13. The second-order valence-corrected chi connectivity index (χ2v) is 5.02. The molecule has 0 radical (unpaired) electrons. The number of hydrogen-bond acceptors (Lipinski definition) is 1. The molecular weight excluding hydrogens is 335 g/mol. The molecule has 1 N–H and O–H groups in total. The SMILES string of the molecule is Cc1ccc(NC(=O)c2c(F)cc(F)cc2F)cc1Br. The van der Waals surface area contributed by atoms with Crippen LogP contribution in [0.25, 0.3) is 0 Å². The van der Waals surface area contributed by atoms with E-state index >= 15 is 0 Å². The van der Waals surface area contributed by atoms with Crippen molar-refractivity contribution in [2.45, 2.75) is 6.92 Å². The molecule has 2 rings (SSSR count). The van der Waals surface area contributed by atoms with Crippen LogP contribution in [0.5, 0.6) is 0 Å². The van der Waals surface area contributed by atoms with Gasteiger partial charge >= 0.3 is 0 Å². The maximum absolute atomic E-state index is 13.5. The van der Waals surface area contributed by atoms with Gasteiger partial charge in [0.1, 0.15) is 23.0 Å². The minimum Gasteiger partial charge on any atom is -0.322 e. The molecule has 0 saturated heterocycles. The maximum Gasteiger partial charge on any atom is 0.261 e. The van der Waals surface area contributed by atoms with E-state index in [1.54, 1.807) is 18.2 Å². The molecule has 0 aliphatic rings. The first-order chi connectivity index (χ1) is 9.38. The maximum atomic E-state index is 13.5. The highest BCUT2D eigenvalue weighted by Gasteiger charge is 2.19. The van der Waals surface area contributed by atoms with Crippen LogP contribution in [0.2, 0.25) is 0 Å². The van der Waals surface area contributed by atoms with Crippen molar-refractivity contribution in [1.82, 2.24) is 0 Å². The molecule has 0 aromatic heterocycles. The van der Waals surface area contributed by atoms with Gasteiger partial charge in [0.2, 0.25) is 0 Å². The van der Waals surface area contributed by atoms with Gasteiger partial charge < -0.3 is 5.32 Å². The molecular formula is C14H9BrF3NO. The summed E-state index contributed by atoms with van der Waals surface area (Å²) in [7, 11) is 0. The Labute approximate surface area is 121 Å². The molecule has 0 saturated carbocycles. The van der Waals surface area contributed by atoms with Crippen molar-refractivity contribution < 1.29 is 18.0 Å². The van der Waals surface area contributed by atoms with Gasteiger partial charge in [-0.05, 0) is 24.6 Å². The molecule has 0 fully saturated rings. The number of nitrogens with one attached hydrogen (secondary N) is 1. The van der Waals surface area contributed by atoms with Crippen LogP contribution in [-0.4, -0.2) is 5.91 Å². The van der Waals surface area contributed by atoms with Crippen LogP contribution < -0.4 is 5.32 Å². The van der Waals surface area contributed by atoms with Gasteiger partial charge in [-0.3, -0.25) is 4.79 Å². The van der Waals surface area contributed by atoms with E-state index in [4.69, 9.17) is 0 Å². The van der Waals surface area contributed by atoms with E-state index < -0.39 is 28.9 Å². The molecule has 0 heterocycles. The molecule has 0 aliphatic heterocycles. The third kappa shape index (κ3) is 3.01. The van der Waals surface area contributed by atoms with E-state index in [2.05, 4.69) is 21.2 Å². The van der Waals surface area contributed by atoms with Crippen LogP contribution in [0, 0.1) is 24.4 Å². The summed E-state index contributed by atoms with van der Waals surface area (Å²) in [6.45, 7) is 1.86. The lowest BCUT2D eigenvalue weighted by Gasteiger charge is -2.08. The zero-order valence-corrected chi connectivity index (χ0v) is 11.9. The van der Waals surface area contributed by atoms with Gasteiger partial charge in [-0.25, -0.2) is 13.2 Å². The van der Waals surface area contributed by atoms with Crippen molar-refractivity contribution in [3.63, 3.8) is 0 Å². The van der Waals surface area contributed by atoms with Gasteiger partial charge in [-0.15, -0.1) is 0 Å². The second kappa shape index (κ2) is 5.66. The van der Waals surface area contributed by atoms with Crippen LogP contribution in [0.3, 0.4) is 0 Å². The summed E-state index contributed by atoms with van der Waals surface area (Å²) in [5.74, 6) is -4.54. The minimum atomic E-state index is -1.24. The molecule has 0 bridgehead atoms. The third-order valence-corrected chi connectivity index (χ3v) is 3.52. The van der Waals surface area contributed by atoms with Crippen molar-refractivity contribution in [1.29, 1.82) is 0 Å². The van der Waals surface area contributed by atoms with Gasteiger partial charge in [-0.2, -0.15) is 0 Å². The Morgan fingerprint density at radius 1 is 1.10 bits per heavy atom. The first-order valence-electron chi connectivity index (χ1n) is 5.60. The van der Waals surface area contributed by atoms with E-state index in [0.717, 1.165) is 10.0 Å². The summed E-state index contributed by atoms with van der Waals surface area (Å²) in [5, 5.41) is 2.36. The van der Waals surface area contributed by atoms with Gasteiger partial charge in [0.25, 0.3) is 5.91 Å². The highest BCUT2D eigenvalue weighted by atomic mass is 79.9. The fourth-order valence-corrected chi connectivity index (χ4v) is 2.00. The topological polar surface area (TPSA) is 29.1 Å². The first-order valence-corrected chi connectivity index (χ1v) is 6.40. The zero-order valence-electron chi connectivity index (χ0n) is 10.3. The third-order valence-electron chi connectivity index (χ3n) is 2.66. The minimum absolute atomic E-state index is 0.371. The van der Waals surface area contributed by atoms with Crippen molar-refractivity contribution in [2.24, 2.45) is 0 Å². The van der Waals surface area contributed by atoms with Crippen LogP contribution in [0.4, 0.5) is 18.9 Å². The normalized spacial score (nSPS) is 10.4. The molecule has 0 spiro atoms. The van der Waals surface area contributed by atoms with Crippen molar-refractivity contribution in [2.75, 3.05) is 5.32 Å². The molecule has 0 aliphatic carbocycles. The average molecular weight is 344 g/mol. The van der Waals surface area contributed by atoms with Crippen molar-refractivity contribution >= 4 is 27.5 Å². The Morgan fingerprint density at radius 2 is 1.70 bits per heavy atom. The number of aryl methyl sites for hydroxylation is 1. The highest BCUT2D eigenvalue weighted by Crippen LogP contribution is 2.22. The van der Waals surface area contributed by atoms with Gasteiger partial charge in [0.05, 0.1) is 0 Å². The fraction of sp³-hybridized carbons (Fsp3) is 0.0714. The number of carbonyl (C=O) groups excluding carboxylic acids is 1. The largest absolute Gasteiger partial charge is 0.322 e. The van der Waals surface area contributed by atoms with Crippen LogP contribution >= 0.6 is 15.9 Å². The number of amides is 1. The summed E-state index contributed by atoms with van der Waals surface area (Å²) in [6.07, 6.45) is 0. The molecule has 1 amide bonds. The molecule has 0 atom stereocenters. The lowest BCUT2D eigenvalue weighted by molar-refractivity contribution is 0.101. The van der Waals surface area contributed by atoms with Crippen molar-refractivity contribution in [3.05, 3.63) is 63.4 Å². The highest BCUT2D eigenvalue weighted by molar-refractivity contribution is 9.10. The molecule has 20 heavy (non-hydrogen) atoms. The smallest absolute Gasteiger partial charge is 0.261 e. The summed E-state index contributed by atoms with van der Waals surface area (Å²) in [6, 6.07) is 5.85. The number of halogens is 4. The van der Waals surface area contributed by atoms with Crippen LogP contribution in [0.1, 0.15) is 15.9 Å². The van der Waals surface area contributed by atoms with Crippen LogP contribution in [0.15, 0.2) is 34.8 Å². The zero-order chi connectivity index (χ0) is 14.9. The Bertz CT molecular complexity index is 665. The molecule has 2 nitrogen and oxygen atoms in total. The number of carbonyl (C=O) groups is 1. The first kappa shape index (κ1) is 14.6. The van der Waals surface area contributed by atoms with E-state index in [0.29, 0.717) is 17.8 Å². The van der Waals surface area contributed by atoms with Crippen LogP contribution in [-0.2, 0) is 0 Å². The molecule has 0 unspecified atom stereocenters. The van der Waals surface area contributed by atoms with E-state index in [9.17, 15) is 18.0 Å². The Morgan fingerprint density at radius 3 is 2.25 bits per heavy atom. The monoisotopic (exact) mass is 343 g/mol. The van der Waals surface area contributed by atoms with E-state index in [-0.39, 0.29) is 0 Å². The van der Waals surface area contributed by atoms with Crippen molar-refractivity contribution in [3.8, 4) is 0 Å².